The van der Waals surface area contributed by atoms with Gasteiger partial charge in [0.2, 0.25) is 12.5 Å². The van der Waals surface area contributed by atoms with E-state index in [1.807, 2.05) is 0 Å². The number of methoxy groups -OCH3 is 2. The van der Waals surface area contributed by atoms with Crippen LogP contribution in [0.1, 0.15) is 11.1 Å². The number of hydrogen-bond donors (Lipinski definition) is 2. The van der Waals surface area contributed by atoms with E-state index in [1.165, 1.54) is 13.2 Å². The van der Waals surface area contributed by atoms with Crippen LogP contribution in [0.4, 0.5) is 0 Å². The van der Waals surface area contributed by atoms with Crippen molar-refractivity contribution in [1.82, 2.24) is 0 Å². The highest BCUT2D eigenvalue weighted by atomic mass is 31.2. The lowest BCUT2D eigenvalue weighted by Crippen LogP contribution is -1.94. The second-order valence-corrected chi connectivity index (χ2v) is 6.45. The van der Waals surface area contributed by atoms with Gasteiger partial charge >= 0.3 is 7.82 Å². The van der Waals surface area contributed by atoms with Crippen LogP contribution in [-0.4, -0.2) is 30.8 Å². The van der Waals surface area contributed by atoms with E-state index < -0.39 is 7.82 Å². The van der Waals surface area contributed by atoms with Crippen molar-refractivity contribution < 1.29 is 37.8 Å². The van der Waals surface area contributed by atoms with E-state index in [9.17, 15) is 4.57 Å². The summed E-state index contributed by atoms with van der Waals surface area (Å²) in [6.07, 6.45) is 3.55. The van der Waals surface area contributed by atoms with E-state index in [2.05, 4.69) is 4.52 Å². The Morgan fingerprint density at radius 1 is 0.962 bits per heavy atom. The molecule has 0 amide bonds. The Bertz CT molecular complexity index is 887. The fourth-order valence-corrected chi connectivity index (χ4v) is 2.83. The molecule has 0 aromatic heterocycles. The predicted octanol–water partition coefficient (Wildman–Crippen LogP) is 3.07. The van der Waals surface area contributed by atoms with Gasteiger partial charge in [0.1, 0.15) is 0 Å². The molecule has 0 spiro atoms. The Labute approximate surface area is 149 Å². The minimum absolute atomic E-state index is 0.0498. The van der Waals surface area contributed by atoms with Crippen LogP contribution in [0.3, 0.4) is 0 Å². The molecule has 0 saturated heterocycles. The third-order valence-electron chi connectivity index (χ3n) is 3.55. The van der Waals surface area contributed by atoms with Crippen LogP contribution in [-0.2, 0) is 4.57 Å². The normalized spacial score (nSPS) is 13.1. The maximum absolute atomic E-state index is 11.1. The molecular weight excluding hydrogens is 363 g/mol. The zero-order chi connectivity index (χ0) is 18.7. The molecule has 3 rings (SSSR count). The second-order valence-electron chi connectivity index (χ2n) is 5.28. The molecule has 138 valence electrons. The fourth-order valence-electron chi connectivity index (χ4n) is 2.43. The third-order valence-corrected chi connectivity index (χ3v) is 3.99. The molecule has 0 bridgehead atoms. The van der Waals surface area contributed by atoms with Gasteiger partial charge in [0.25, 0.3) is 0 Å². The summed E-state index contributed by atoms with van der Waals surface area (Å²) in [7, 11) is -1.77. The summed E-state index contributed by atoms with van der Waals surface area (Å²) < 4.78 is 36.8. The molecule has 0 aliphatic carbocycles. The van der Waals surface area contributed by atoms with Crippen molar-refractivity contribution in [2.75, 3.05) is 21.0 Å². The summed E-state index contributed by atoms with van der Waals surface area (Å²) in [5, 5.41) is 0. The van der Waals surface area contributed by atoms with Crippen molar-refractivity contribution in [2.45, 2.75) is 0 Å². The van der Waals surface area contributed by atoms with Gasteiger partial charge in [0, 0.05) is 0 Å². The topological polar surface area (TPSA) is 104 Å². The van der Waals surface area contributed by atoms with E-state index in [-0.39, 0.29) is 18.3 Å². The van der Waals surface area contributed by atoms with Crippen LogP contribution < -0.4 is 23.5 Å². The quantitative estimate of drug-likeness (QED) is 0.582. The number of rotatable bonds is 6. The van der Waals surface area contributed by atoms with Crippen LogP contribution in [0, 0.1) is 0 Å². The number of hydrogen-bond acceptors (Lipinski definition) is 6. The molecule has 1 aliphatic rings. The van der Waals surface area contributed by atoms with Crippen molar-refractivity contribution >= 4 is 20.0 Å². The zero-order valence-corrected chi connectivity index (χ0v) is 14.9. The number of fused-ring (bicyclic) bond motifs is 1. The second kappa shape index (κ2) is 7.29. The third kappa shape index (κ3) is 4.11. The summed E-state index contributed by atoms with van der Waals surface area (Å²) in [4.78, 5) is 18.0. The summed E-state index contributed by atoms with van der Waals surface area (Å²) in [5.41, 5.74) is 1.46. The lowest BCUT2D eigenvalue weighted by Gasteiger charge is -2.11. The van der Waals surface area contributed by atoms with Crippen molar-refractivity contribution in [3.63, 3.8) is 0 Å². The monoisotopic (exact) mass is 380 g/mol. The molecule has 2 aromatic carbocycles. The minimum atomic E-state index is -4.70. The molecule has 1 aliphatic heterocycles. The molecular formula is C17H17O8P. The van der Waals surface area contributed by atoms with Crippen LogP contribution in [0.2, 0.25) is 0 Å². The number of phosphoric ester groups is 1. The van der Waals surface area contributed by atoms with Crippen LogP contribution >= 0.6 is 7.82 Å². The summed E-state index contributed by atoms with van der Waals surface area (Å²) >= 11 is 0. The smallest absolute Gasteiger partial charge is 0.493 e. The van der Waals surface area contributed by atoms with Crippen LogP contribution in [0.5, 0.6) is 28.7 Å². The largest absolute Gasteiger partial charge is 0.524 e. The summed E-state index contributed by atoms with van der Waals surface area (Å²) in [6.45, 7) is 0.139. The summed E-state index contributed by atoms with van der Waals surface area (Å²) in [5.74, 6) is 1.87. The highest BCUT2D eigenvalue weighted by Gasteiger charge is 2.20. The van der Waals surface area contributed by atoms with E-state index in [1.54, 1.807) is 43.5 Å². The Kier molecular flexibility index (Phi) is 5.08. The first-order valence-electron chi connectivity index (χ1n) is 7.48. The van der Waals surface area contributed by atoms with Gasteiger partial charge < -0.3 is 23.5 Å². The Morgan fingerprint density at radius 3 is 2.35 bits per heavy atom. The van der Waals surface area contributed by atoms with E-state index >= 15 is 0 Å². The highest BCUT2D eigenvalue weighted by molar-refractivity contribution is 7.46. The van der Waals surface area contributed by atoms with Crippen molar-refractivity contribution in [3.05, 3.63) is 41.5 Å². The van der Waals surface area contributed by atoms with Gasteiger partial charge in [-0.3, -0.25) is 9.79 Å². The first-order valence-corrected chi connectivity index (χ1v) is 9.01. The SMILES string of the molecule is COc1ccc(/C=C\c2cc(OC)c3c(c2)OCO3)cc1OP(=O)(O)O. The predicted molar refractivity (Wildman–Crippen MR) is 93.7 cm³/mol. The maximum Gasteiger partial charge on any atom is 0.524 e. The lowest BCUT2D eigenvalue weighted by molar-refractivity contribution is 0.171. The molecule has 1 heterocycles. The average molecular weight is 380 g/mol. The van der Waals surface area contributed by atoms with Crippen molar-refractivity contribution in [1.29, 1.82) is 0 Å². The minimum Gasteiger partial charge on any atom is -0.493 e. The van der Waals surface area contributed by atoms with Crippen molar-refractivity contribution in [3.8, 4) is 28.7 Å². The molecule has 0 fully saturated rings. The molecule has 8 nitrogen and oxygen atoms in total. The molecule has 2 N–H and O–H groups in total. The van der Waals surface area contributed by atoms with Crippen LogP contribution in [0.15, 0.2) is 30.3 Å². The van der Waals surface area contributed by atoms with Gasteiger partial charge in [0.15, 0.2) is 23.0 Å². The maximum atomic E-state index is 11.1. The van der Waals surface area contributed by atoms with Gasteiger partial charge in [-0.2, -0.15) is 0 Å². The molecule has 0 radical (unpaired) electrons. The molecule has 0 saturated carbocycles. The zero-order valence-electron chi connectivity index (χ0n) is 14.0. The van der Waals surface area contributed by atoms with Gasteiger partial charge in [-0.25, -0.2) is 4.57 Å². The summed E-state index contributed by atoms with van der Waals surface area (Å²) in [6, 6.07) is 8.36. The average Bonchev–Trinajstić information content (AvgIpc) is 3.06. The Balaban J connectivity index is 1.89. The Hall–Kier alpha value is -2.67. The molecule has 26 heavy (non-hydrogen) atoms. The fraction of sp³-hybridized carbons (Fsp3) is 0.176. The molecule has 9 heteroatoms. The first-order chi connectivity index (χ1) is 12.4. The van der Waals surface area contributed by atoms with Gasteiger partial charge in [0.05, 0.1) is 14.2 Å². The first kappa shape index (κ1) is 18.1. The van der Waals surface area contributed by atoms with E-state index in [0.29, 0.717) is 22.8 Å². The number of benzene rings is 2. The van der Waals surface area contributed by atoms with Crippen molar-refractivity contribution in [2.24, 2.45) is 0 Å². The van der Waals surface area contributed by atoms with Crippen LogP contribution in [0.25, 0.3) is 12.2 Å². The number of phosphoric acid groups is 1. The van der Waals surface area contributed by atoms with E-state index in [0.717, 1.165) is 5.56 Å². The van der Waals surface area contributed by atoms with Gasteiger partial charge in [-0.15, -0.1) is 0 Å². The molecule has 0 atom stereocenters. The molecule has 0 unspecified atom stereocenters. The number of ether oxygens (including phenoxy) is 4. The molecule has 2 aromatic rings. The Morgan fingerprint density at radius 2 is 1.65 bits per heavy atom. The lowest BCUT2D eigenvalue weighted by atomic mass is 10.1. The van der Waals surface area contributed by atoms with Gasteiger partial charge in [-0.1, -0.05) is 18.2 Å². The highest BCUT2D eigenvalue weighted by Crippen LogP contribution is 2.43. The van der Waals surface area contributed by atoms with Gasteiger partial charge in [-0.05, 0) is 35.4 Å². The van der Waals surface area contributed by atoms with E-state index in [4.69, 9.17) is 28.7 Å². The standard InChI is InChI=1S/C17H17O8P/c1-21-13-6-5-11(7-14(13)25-26(18,19)20)3-4-12-8-15(22-2)17-16(9-12)23-10-24-17/h3-9H,10H2,1-2H3,(H2,18,19,20)/b4-3-.